The van der Waals surface area contributed by atoms with Crippen molar-refractivity contribution >= 4 is 6.40 Å². The van der Waals surface area contributed by atoms with Crippen molar-refractivity contribution in [2.75, 3.05) is 6.61 Å². The van der Waals surface area contributed by atoms with E-state index in [9.17, 15) is 13.2 Å². The second kappa shape index (κ2) is 5.00. The number of ether oxygens (including phenoxy) is 1. The molecule has 2 rings (SSSR count). The summed E-state index contributed by atoms with van der Waals surface area (Å²) in [5.41, 5.74) is 0.0473. The Kier molecular flexibility index (Phi) is 4.14. The fourth-order valence-corrected chi connectivity index (χ4v) is 1.32. The molecule has 0 spiro atoms. The van der Waals surface area contributed by atoms with Gasteiger partial charge in [-0.1, -0.05) is 12.1 Å². The van der Waals surface area contributed by atoms with Gasteiger partial charge in [0.2, 0.25) is 0 Å². The van der Waals surface area contributed by atoms with Crippen molar-refractivity contribution in [2.45, 2.75) is 12.2 Å². The molecule has 0 amide bonds. The molecule has 2 nitrogen and oxygen atoms in total. The maximum absolute atomic E-state index is 12.2. The molecule has 1 aliphatic rings. The molecule has 1 aromatic rings. The minimum atomic E-state index is -4.29. The molecule has 0 bridgehead atoms. The molecule has 0 radical (unpaired) electrons. The largest absolute Gasteiger partial charge is 0.673 e. The van der Waals surface area contributed by atoms with Crippen LogP contribution in [-0.4, -0.2) is 13.0 Å². The summed E-state index contributed by atoms with van der Waals surface area (Å²) < 4.78 is 41.5. The molecular weight excluding hydrogens is 391 g/mol. The number of hydrogen-bond donors (Lipinski definition) is 0. The van der Waals surface area contributed by atoms with E-state index < -0.39 is 11.7 Å². The second-order valence-electron chi connectivity index (χ2n) is 3.17. The minimum Gasteiger partial charge on any atom is -0.673 e. The molecule has 1 aliphatic heterocycles. The third-order valence-electron chi connectivity index (χ3n) is 2.14. The van der Waals surface area contributed by atoms with Crippen LogP contribution in [0, 0.1) is 0 Å². The third-order valence-corrected chi connectivity index (χ3v) is 2.14. The Balaban J connectivity index is 0.00000128. The fraction of sp³-hybridized carbons (Fsp3) is 0.300. The number of hydrogen-bond acceptors (Lipinski definition) is 2. The van der Waals surface area contributed by atoms with Gasteiger partial charge in [-0.15, -0.1) is 0 Å². The summed E-state index contributed by atoms with van der Waals surface area (Å²) in [4.78, 5) is 3.84. The SMILES string of the molecule is FC(F)(F)c1ccc(C2CO[C-]=N2)cc1.[W]. The van der Waals surface area contributed by atoms with Gasteiger partial charge in [0.25, 0.3) is 0 Å². The standard InChI is InChI=1S/C10H7F3NO.W/c11-10(12,13)8-3-1-7(2-4-8)9-5-15-6-14-9;/h1-4,9H,5H2;/q-1;. The van der Waals surface area contributed by atoms with Gasteiger partial charge in [-0.25, -0.2) is 6.40 Å². The van der Waals surface area contributed by atoms with Crippen LogP contribution >= 0.6 is 0 Å². The molecule has 0 N–H and O–H groups in total. The summed E-state index contributed by atoms with van der Waals surface area (Å²) in [5.74, 6) is 0. The van der Waals surface area contributed by atoms with Crippen molar-refractivity contribution in [2.24, 2.45) is 4.99 Å². The normalized spacial score (nSPS) is 19.1. The van der Waals surface area contributed by atoms with Crippen LogP contribution < -0.4 is 0 Å². The third kappa shape index (κ3) is 2.85. The van der Waals surface area contributed by atoms with Crippen molar-refractivity contribution in [3.63, 3.8) is 0 Å². The predicted molar refractivity (Wildman–Crippen MR) is 47.6 cm³/mol. The summed E-state index contributed by atoms with van der Waals surface area (Å²) in [6, 6.07) is 4.68. The number of benzene rings is 1. The summed E-state index contributed by atoms with van der Waals surface area (Å²) in [7, 11) is 0. The van der Waals surface area contributed by atoms with Crippen molar-refractivity contribution in [1.29, 1.82) is 0 Å². The Hall–Kier alpha value is -0.832. The Bertz CT molecular complexity index is 375. The predicted octanol–water partition coefficient (Wildman–Crippen LogP) is 2.68. The number of alkyl halides is 3. The zero-order valence-corrected chi connectivity index (χ0v) is 10.9. The summed E-state index contributed by atoms with van der Waals surface area (Å²) >= 11 is 0. The van der Waals surface area contributed by atoms with Gasteiger partial charge < -0.3 is 9.73 Å². The van der Waals surface area contributed by atoms with E-state index in [1.807, 2.05) is 0 Å². The van der Waals surface area contributed by atoms with E-state index in [0.29, 0.717) is 12.2 Å². The van der Waals surface area contributed by atoms with Crippen molar-refractivity contribution < 1.29 is 39.0 Å². The van der Waals surface area contributed by atoms with E-state index in [4.69, 9.17) is 4.74 Å². The topological polar surface area (TPSA) is 21.6 Å². The Morgan fingerprint density at radius 2 is 1.88 bits per heavy atom. The molecule has 1 aromatic carbocycles. The average molecular weight is 398 g/mol. The van der Waals surface area contributed by atoms with Crippen LogP contribution in [0.4, 0.5) is 13.2 Å². The van der Waals surface area contributed by atoms with Gasteiger partial charge in [-0.2, -0.15) is 13.2 Å². The van der Waals surface area contributed by atoms with Crippen molar-refractivity contribution in [3.05, 3.63) is 35.4 Å². The molecule has 0 fully saturated rings. The van der Waals surface area contributed by atoms with E-state index >= 15 is 0 Å². The number of aliphatic imine (C=N–C) groups is 1. The Labute approximate surface area is 105 Å². The molecule has 0 aromatic heterocycles. The smallest absolute Gasteiger partial charge is 0.416 e. The molecule has 1 heterocycles. The summed E-state index contributed by atoms with van der Waals surface area (Å²) in [5, 5.41) is 0. The van der Waals surface area contributed by atoms with Crippen LogP contribution in [0.1, 0.15) is 17.2 Å². The molecule has 16 heavy (non-hydrogen) atoms. The fourth-order valence-electron chi connectivity index (χ4n) is 1.32. The summed E-state index contributed by atoms with van der Waals surface area (Å²) in [6.07, 6.45) is -1.97. The number of halogens is 3. The van der Waals surface area contributed by atoms with Gasteiger partial charge in [0, 0.05) is 21.1 Å². The van der Waals surface area contributed by atoms with Crippen LogP contribution in [0.25, 0.3) is 0 Å². The van der Waals surface area contributed by atoms with Gasteiger partial charge in [0.1, 0.15) is 0 Å². The first kappa shape index (κ1) is 13.2. The van der Waals surface area contributed by atoms with Gasteiger partial charge >= 0.3 is 6.18 Å². The molecule has 0 saturated carbocycles. The van der Waals surface area contributed by atoms with E-state index in [1.165, 1.54) is 12.1 Å². The maximum Gasteiger partial charge on any atom is 0.416 e. The van der Waals surface area contributed by atoms with E-state index in [0.717, 1.165) is 12.1 Å². The van der Waals surface area contributed by atoms with E-state index in [1.54, 1.807) is 0 Å². The van der Waals surface area contributed by atoms with Gasteiger partial charge in [0.05, 0.1) is 18.2 Å². The number of rotatable bonds is 1. The molecule has 0 saturated heterocycles. The number of nitrogens with zero attached hydrogens (tertiary/aromatic N) is 1. The van der Waals surface area contributed by atoms with E-state index in [2.05, 4.69) is 11.4 Å². The molecule has 0 aliphatic carbocycles. The van der Waals surface area contributed by atoms with Crippen LogP contribution in [0.15, 0.2) is 29.3 Å². The first-order chi connectivity index (χ1) is 7.07. The quantitative estimate of drug-likeness (QED) is 0.667. The zero-order valence-electron chi connectivity index (χ0n) is 7.99. The molecule has 1 atom stereocenters. The van der Waals surface area contributed by atoms with Gasteiger partial charge in [-0.3, -0.25) is 0 Å². The van der Waals surface area contributed by atoms with Crippen LogP contribution in [0.3, 0.4) is 0 Å². The molecular formula is C10H7F3NOW-. The van der Waals surface area contributed by atoms with Crippen LogP contribution in [-0.2, 0) is 32.0 Å². The van der Waals surface area contributed by atoms with Crippen molar-refractivity contribution in [3.8, 4) is 0 Å². The van der Waals surface area contributed by atoms with Crippen LogP contribution in [0.5, 0.6) is 0 Å². The maximum atomic E-state index is 12.2. The Morgan fingerprint density at radius 3 is 2.31 bits per heavy atom. The second-order valence-corrected chi connectivity index (χ2v) is 3.17. The first-order valence-electron chi connectivity index (χ1n) is 4.31. The molecule has 86 valence electrons. The van der Waals surface area contributed by atoms with E-state index in [-0.39, 0.29) is 27.1 Å². The van der Waals surface area contributed by atoms with Crippen molar-refractivity contribution in [1.82, 2.24) is 0 Å². The van der Waals surface area contributed by atoms with Crippen LogP contribution in [0.2, 0.25) is 0 Å². The summed E-state index contributed by atoms with van der Waals surface area (Å²) in [6.45, 7) is 0.339. The van der Waals surface area contributed by atoms with Gasteiger partial charge in [0.15, 0.2) is 0 Å². The molecule has 1 unspecified atom stereocenters. The van der Waals surface area contributed by atoms with Gasteiger partial charge in [-0.05, 0) is 17.7 Å². The Morgan fingerprint density at radius 1 is 1.25 bits per heavy atom. The monoisotopic (exact) mass is 398 g/mol. The zero-order chi connectivity index (χ0) is 10.9. The minimum absolute atomic E-state index is 0. The molecule has 6 heteroatoms. The average Bonchev–Trinajstić information content (AvgIpc) is 2.69. The first-order valence-corrected chi connectivity index (χ1v) is 4.31.